The molecule has 1 unspecified atom stereocenters. The van der Waals surface area contributed by atoms with E-state index in [-0.39, 0.29) is 0 Å². The Morgan fingerprint density at radius 3 is 2.65 bits per heavy atom. The van der Waals surface area contributed by atoms with Crippen molar-refractivity contribution in [1.82, 2.24) is 5.32 Å². The molecule has 1 amide bonds. The standard InChI is InChI=1S/C11H14N2O4/c1-6-7(3-2-4-8(6)12)10(15)13-9(5-14)11(16)17/h2-4,9,14H,5,12H2,1H3,(H,13,15)(H,16,17). The minimum atomic E-state index is -1.32. The third-order valence-corrected chi connectivity index (χ3v) is 2.41. The topological polar surface area (TPSA) is 113 Å². The van der Waals surface area contributed by atoms with E-state index in [1.165, 1.54) is 6.07 Å². The summed E-state index contributed by atoms with van der Waals surface area (Å²) in [5, 5.41) is 19.7. The van der Waals surface area contributed by atoms with Gasteiger partial charge in [0.2, 0.25) is 0 Å². The van der Waals surface area contributed by atoms with Gasteiger partial charge in [-0.05, 0) is 24.6 Å². The first kappa shape index (κ1) is 13.0. The molecule has 0 spiro atoms. The Kier molecular flexibility index (Phi) is 4.06. The first-order valence-corrected chi connectivity index (χ1v) is 4.97. The van der Waals surface area contributed by atoms with Crippen molar-refractivity contribution < 1.29 is 19.8 Å². The summed E-state index contributed by atoms with van der Waals surface area (Å²) in [7, 11) is 0. The summed E-state index contributed by atoms with van der Waals surface area (Å²) in [6.45, 7) is 1.00. The summed E-state index contributed by atoms with van der Waals surface area (Å²) >= 11 is 0. The Balaban J connectivity index is 2.90. The van der Waals surface area contributed by atoms with Crippen LogP contribution in [0.2, 0.25) is 0 Å². The quantitative estimate of drug-likeness (QED) is 0.540. The van der Waals surface area contributed by atoms with Crippen LogP contribution in [-0.2, 0) is 4.79 Å². The van der Waals surface area contributed by atoms with Gasteiger partial charge in [-0.15, -0.1) is 0 Å². The van der Waals surface area contributed by atoms with Gasteiger partial charge in [0.15, 0.2) is 6.04 Å². The SMILES string of the molecule is Cc1c(N)cccc1C(=O)NC(CO)C(=O)O. The average molecular weight is 238 g/mol. The number of aliphatic carboxylic acids is 1. The van der Waals surface area contributed by atoms with E-state index < -0.39 is 24.5 Å². The zero-order chi connectivity index (χ0) is 13.0. The summed E-state index contributed by atoms with van der Waals surface area (Å²) in [4.78, 5) is 22.4. The van der Waals surface area contributed by atoms with Gasteiger partial charge in [-0.25, -0.2) is 4.79 Å². The van der Waals surface area contributed by atoms with Crippen LogP contribution in [0.1, 0.15) is 15.9 Å². The summed E-state index contributed by atoms with van der Waals surface area (Å²) in [6.07, 6.45) is 0. The number of nitrogens with one attached hydrogen (secondary N) is 1. The predicted octanol–water partition coefficient (Wildman–Crippen LogP) is -0.247. The van der Waals surface area contributed by atoms with Crippen molar-refractivity contribution in [1.29, 1.82) is 0 Å². The first-order chi connectivity index (χ1) is 7.97. The second-order valence-corrected chi connectivity index (χ2v) is 3.57. The molecule has 17 heavy (non-hydrogen) atoms. The predicted molar refractivity (Wildman–Crippen MR) is 61.6 cm³/mol. The molecule has 0 fully saturated rings. The molecule has 0 radical (unpaired) electrons. The number of carbonyl (C=O) groups excluding carboxylic acids is 1. The third-order valence-electron chi connectivity index (χ3n) is 2.41. The van der Waals surface area contributed by atoms with Crippen LogP contribution < -0.4 is 11.1 Å². The molecule has 1 aromatic rings. The molecule has 6 nitrogen and oxygen atoms in total. The van der Waals surface area contributed by atoms with E-state index in [0.717, 1.165) is 0 Å². The average Bonchev–Trinajstić information content (AvgIpc) is 2.28. The number of carboxylic acids is 1. The Bertz CT molecular complexity index is 445. The number of carboxylic acid groups (broad SMARTS) is 1. The molecule has 0 aromatic heterocycles. The number of amides is 1. The molecule has 0 aliphatic carbocycles. The highest BCUT2D eigenvalue weighted by Gasteiger charge is 2.20. The number of hydrogen-bond donors (Lipinski definition) is 4. The van der Waals surface area contributed by atoms with Gasteiger partial charge >= 0.3 is 5.97 Å². The maximum atomic E-state index is 11.8. The van der Waals surface area contributed by atoms with Gasteiger partial charge in [-0.1, -0.05) is 6.07 Å². The second kappa shape index (κ2) is 5.31. The number of carbonyl (C=O) groups is 2. The van der Waals surface area contributed by atoms with E-state index >= 15 is 0 Å². The first-order valence-electron chi connectivity index (χ1n) is 4.97. The number of hydrogen-bond acceptors (Lipinski definition) is 4. The van der Waals surface area contributed by atoms with Gasteiger partial charge in [0.05, 0.1) is 6.61 Å². The molecule has 1 rings (SSSR count). The van der Waals surface area contributed by atoms with Crippen LogP contribution in [0.4, 0.5) is 5.69 Å². The molecular weight excluding hydrogens is 224 g/mol. The van der Waals surface area contributed by atoms with Crippen molar-refractivity contribution in [2.75, 3.05) is 12.3 Å². The van der Waals surface area contributed by atoms with E-state index in [1.54, 1.807) is 19.1 Å². The Morgan fingerprint density at radius 1 is 1.47 bits per heavy atom. The molecule has 0 saturated heterocycles. The van der Waals surface area contributed by atoms with Gasteiger partial charge in [0.25, 0.3) is 5.91 Å². The smallest absolute Gasteiger partial charge is 0.328 e. The molecule has 0 saturated carbocycles. The maximum Gasteiger partial charge on any atom is 0.328 e. The monoisotopic (exact) mass is 238 g/mol. The van der Waals surface area contributed by atoms with E-state index in [0.29, 0.717) is 16.8 Å². The second-order valence-electron chi connectivity index (χ2n) is 3.57. The minimum absolute atomic E-state index is 0.296. The highest BCUT2D eigenvalue weighted by Crippen LogP contribution is 2.15. The molecule has 0 heterocycles. The molecule has 1 atom stereocenters. The lowest BCUT2D eigenvalue weighted by molar-refractivity contribution is -0.140. The van der Waals surface area contributed by atoms with Gasteiger partial charge in [0, 0.05) is 11.3 Å². The Morgan fingerprint density at radius 2 is 2.12 bits per heavy atom. The van der Waals surface area contributed by atoms with Crippen LogP contribution in [0.3, 0.4) is 0 Å². The van der Waals surface area contributed by atoms with Crippen LogP contribution in [0.25, 0.3) is 0 Å². The Hall–Kier alpha value is -2.08. The lowest BCUT2D eigenvalue weighted by Gasteiger charge is -2.13. The van der Waals surface area contributed by atoms with Gasteiger partial charge in [-0.3, -0.25) is 4.79 Å². The summed E-state index contributed by atoms with van der Waals surface area (Å²) in [5.74, 6) is -1.86. The number of anilines is 1. The van der Waals surface area contributed by atoms with E-state index in [1.807, 2.05) is 0 Å². The fraction of sp³-hybridized carbons (Fsp3) is 0.273. The van der Waals surface area contributed by atoms with Crippen molar-refractivity contribution in [3.63, 3.8) is 0 Å². The number of aliphatic hydroxyl groups excluding tert-OH is 1. The normalized spacial score (nSPS) is 11.9. The molecule has 0 aliphatic heterocycles. The van der Waals surface area contributed by atoms with E-state index in [9.17, 15) is 9.59 Å². The van der Waals surface area contributed by atoms with Crippen LogP contribution in [-0.4, -0.2) is 34.7 Å². The van der Waals surface area contributed by atoms with Crippen molar-refractivity contribution in [2.45, 2.75) is 13.0 Å². The summed E-state index contributed by atoms with van der Waals surface area (Å²) in [5.41, 5.74) is 6.96. The molecular formula is C11H14N2O4. The number of benzene rings is 1. The van der Waals surface area contributed by atoms with Crippen molar-refractivity contribution in [3.05, 3.63) is 29.3 Å². The summed E-state index contributed by atoms with van der Waals surface area (Å²) < 4.78 is 0. The van der Waals surface area contributed by atoms with Crippen molar-refractivity contribution in [3.8, 4) is 0 Å². The van der Waals surface area contributed by atoms with Gasteiger partial charge in [0.1, 0.15) is 0 Å². The van der Waals surface area contributed by atoms with Crippen LogP contribution >= 0.6 is 0 Å². The molecule has 5 N–H and O–H groups in total. The zero-order valence-electron chi connectivity index (χ0n) is 9.30. The van der Waals surface area contributed by atoms with Gasteiger partial charge in [-0.2, -0.15) is 0 Å². The lowest BCUT2D eigenvalue weighted by atomic mass is 10.1. The van der Waals surface area contributed by atoms with Crippen LogP contribution in [0.5, 0.6) is 0 Å². The maximum absolute atomic E-state index is 11.8. The number of aliphatic hydroxyl groups is 1. The molecule has 92 valence electrons. The Labute approximate surface area is 98.1 Å². The zero-order valence-corrected chi connectivity index (χ0v) is 9.30. The van der Waals surface area contributed by atoms with E-state index in [4.69, 9.17) is 15.9 Å². The fourth-order valence-electron chi connectivity index (χ4n) is 1.32. The third kappa shape index (κ3) is 2.94. The molecule has 1 aromatic carbocycles. The fourth-order valence-corrected chi connectivity index (χ4v) is 1.32. The van der Waals surface area contributed by atoms with Crippen molar-refractivity contribution >= 4 is 17.6 Å². The van der Waals surface area contributed by atoms with Crippen LogP contribution in [0, 0.1) is 6.92 Å². The number of nitrogens with two attached hydrogens (primary N) is 1. The summed E-state index contributed by atoms with van der Waals surface area (Å²) in [6, 6.07) is 3.47. The molecule has 0 bridgehead atoms. The largest absolute Gasteiger partial charge is 0.480 e. The van der Waals surface area contributed by atoms with E-state index in [2.05, 4.69) is 5.32 Å². The minimum Gasteiger partial charge on any atom is -0.480 e. The van der Waals surface area contributed by atoms with Gasteiger partial charge < -0.3 is 21.3 Å². The highest BCUT2D eigenvalue weighted by atomic mass is 16.4. The molecule has 0 aliphatic rings. The number of rotatable bonds is 4. The molecule has 6 heteroatoms. The number of nitrogen functional groups attached to an aromatic ring is 1. The van der Waals surface area contributed by atoms with Crippen molar-refractivity contribution in [2.24, 2.45) is 0 Å². The lowest BCUT2D eigenvalue weighted by Crippen LogP contribution is -2.43. The van der Waals surface area contributed by atoms with Crippen LogP contribution in [0.15, 0.2) is 18.2 Å². The highest BCUT2D eigenvalue weighted by molar-refractivity contribution is 5.98.